The van der Waals surface area contributed by atoms with Crippen LogP contribution in [0.15, 0.2) is 60.8 Å². The van der Waals surface area contributed by atoms with Crippen molar-refractivity contribution in [2.45, 2.75) is 264 Å². The van der Waals surface area contributed by atoms with E-state index in [9.17, 15) is 9.90 Å². The summed E-state index contributed by atoms with van der Waals surface area (Å²) in [5.41, 5.74) is 0. The predicted octanol–water partition coefficient (Wildman–Crippen LogP) is 17.6. The Bertz CT molecular complexity index is 962. The van der Waals surface area contributed by atoms with Gasteiger partial charge in [-0.15, -0.1) is 0 Å². The molecule has 0 amide bonds. The molecule has 0 spiro atoms. The molecule has 0 heterocycles. The van der Waals surface area contributed by atoms with Crippen LogP contribution in [0.3, 0.4) is 0 Å². The normalized spacial score (nSPS) is 12.8. The monoisotopic (exact) mass is 825 g/mol. The maximum Gasteiger partial charge on any atom is 0.306 e. The van der Waals surface area contributed by atoms with Crippen LogP contribution in [0, 0.1) is 0 Å². The first-order valence-corrected chi connectivity index (χ1v) is 25.9. The molecule has 0 saturated carbocycles. The molecule has 1 N–H and O–H groups in total. The van der Waals surface area contributed by atoms with Crippen LogP contribution in [0.1, 0.15) is 258 Å². The van der Waals surface area contributed by atoms with Crippen molar-refractivity contribution in [2.75, 3.05) is 19.8 Å². The average Bonchev–Trinajstić information content (AvgIpc) is 3.24. The summed E-state index contributed by atoms with van der Waals surface area (Å²) < 4.78 is 11.2. The van der Waals surface area contributed by atoms with E-state index in [0.717, 1.165) is 51.4 Å². The molecule has 0 fully saturated rings. The summed E-state index contributed by atoms with van der Waals surface area (Å²) in [6.07, 6.45) is 70.3. The number of allylic oxidation sites excluding steroid dienone is 10. The number of hydrogen-bond acceptors (Lipinski definition) is 4. The van der Waals surface area contributed by atoms with Gasteiger partial charge in [-0.05, 0) is 83.5 Å². The van der Waals surface area contributed by atoms with Crippen LogP contribution in [-0.4, -0.2) is 37.0 Å². The van der Waals surface area contributed by atoms with Crippen molar-refractivity contribution < 1.29 is 19.4 Å². The summed E-state index contributed by atoms with van der Waals surface area (Å²) in [6, 6.07) is 0. The lowest BCUT2D eigenvalue weighted by Crippen LogP contribution is -2.27. The molecule has 344 valence electrons. The Labute approximate surface area is 368 Å². The van der Waals surface area contributed by atoms with Gasteiger partial charge in [-0.25, -0.2) is 0 Å². The zero-order valence-corrected chi connectivity index (χ0v) is 39.5. The van der Waals surface area contributed by atoms with Crippen molar-refractivity contribution in [3.05, 3.63) is 60.8 Å². The van der Waals surface area contributed by atoms with Crippen molar-refractivity contribution in [3.8, 4) is 0 Å². The third-order valence-electron chi connectivity index (χ3n) is 11.3. The molecule has 0 saturated heterocycles. The highest BCUT2D eigenvalue weighted by atomic mass is 16.6. The Morgan fingerprint density at radius 2 is 0.712 bits per heavy atom. The smallest absolute Gasteiger partial charge is 0.306 e. The Morgan fingerprint density at radius 1 is 0.407 bits per heavy atom. The van der Waals surface area contributed by atoms with Gasteiger partial charge in [-0.1, -0.05) is 229 Å². The molecule has 59 heavy (non-hydrogen) atoms. The van der Waals surface area contributed by atoms with Gasteiger partial charge in [0, 0.05) is 13.0 Å². The molecule has 0 bridgehead atoms. The van der Waals surface area contributed by atoms with Gasteiger partial charge in [0.05, 0.1) is 13.2 Å². The lowest BCUT2D eigenvalue weighted by Gasteiger charge is -2.16. The Hall–Kier alpha value is -1.91. The Kier molecular flexibility index (Phi) is 50.5. The minimum Gasteiger partial charge on any atom is -0.457 e. The van der Waals surface area contributed by atoms with Crippen LogP contribution in [0.25, 0.3) is 0 Å². The molecule has 0 aliphatic heterocycles. The minimum absolute atomic E-state index is 0.178. The van der Waals surface area contributed by atoms with Crippen molar-refractivity contribution >= 4 is 5.97 Å². The van der Waals surface area contributed by atoms with Crippen molar-refractivity contribution in [3.63, 3.8) is 0 Å². The molecule has 0 aliphatic rings. The lowest BCUT2D eigenvalue weighted by molar-refractivity contribution is -0.154. The zero-order valence-electron chi connectivity index (χ0n) is 39.5. The van der Waals surface area contributed by atoms with Crippen molar-refractivity contribution in [2.24, 2.45) is 0 Å². The van der Waals surface area contributed by atoms with E-state index in [0.29, 0.717) is 19.6 Å². The fourth-order valence-corrected chi connectivity index (χ4v) is 7.43. The molecule has 0 radical (unpaired) electrons. The van der Waals surface area contributed by atoms with E-state index >= 15 is 0 Å². The molecule has 0 aromatic carbocycles. The Morgan fingerprint density at radius 3 is 1.07 bits per heavy atom. The third-order valence-corrected chi connectivity index (χ3v) is 11.3. The first-order valence-electron chi connectivity index (χ1n) is 25.9. The SMILES string of the molecule is CCCCCCC/C=C\C/C=C\C/C=C\CCCCCCCCC(=O)OC(CO)COCCCCCCCCCCCCCCCC/C=C\C/C=C\CCCCCCC. The number of carbonyl (C=O) groups is 1. The number of aliphatic hydroxyl groups is 1. The lowest BCUT2D eigenvalue weighted by atomic mass is 10.0. The Balaban J connectivity index is 3.43. The van der Waals surface area contributed by atoms with Crippen molar-refractivity contribution in [1.29, 1.82) is 0 Å². The minimum atomic E-state index is -0.544. The number of unbranched alkanes of at least 4 members (excludes halogenated alkanes) is 30. The van der Waals surface area contributed by atoms with E-state index in [-0.39, 0.29) is 12.6 Å². The number of aliphatic hydroxyl groups excluding tert-OH is 1. The second-order valence-electron chi connectivity index (χ2n) is 17.2. The molecule has 4 heteroatoms. The summed E-state index contributed by atoms with van der Waals surface area (Å²) in [7, 11) is 0. The number of esters is 1. The molecular weight excluding hydrogens is 725 g/mol. The largest absolute Gasteiger partial charge is 0.457 e. The summed E-state index contributed by atoms with van der Waals surface area (Å²) in [6.45, 7) is 5.33. The molecule has 1 atom stereocenters. The van der Waals surface area contributed by atoms with E-state index in [1.165, 1.54) is 186 Å². The van der Waals surface area contributed by atoms with Crippen LogP contribution < -0.4 is 0 Å². The summed E-state index contributed by atoms with van der Waals surface area (Å²) in [4.78, 5) is 12.3. The van der Waals surface area contributed by atoms with E-state index in [4.69, 9.17) is 9.47 Å². The van der Waals surface area contributed by atoms with Gasteiger partial charge in [-0.2, -0.15) is 0 Å². The van der Waals surface area contributed by atoms with Gasteiger partial charge in [0.25, 0.3) is 0 Å². The number of carbonyl (C=O) groups excluding carboxylic acids is 1. The van der Waals surface area contributed by atoms with Gasteiger partial charge in [0.1, 0.15) is 6.10 Å². The number of hydrogen-bond donors (Lipinski definition) is 1. The maximum absolute atomic E-state index is 12.3. The second-order valence-corrected chi connectivity index (χ2v) is 17.2. The number of rotatable bonds is 48. The van der Waals surface area contributed by atoms with Crippen LogP contribution >= 0.6 is 0 Å². The molecule has 0 aromatic heterocycles. The summed E-state index contributed by atoms with van der Waals surface area (Å²) in [5.74, 6) is -0.211. The summed E-state index contributed by atoms with van der Waals surface area (Å²) in [5, 5.41) is 9.65. The van der Waals surface area contributed by atoms with Crippen LogP contribution in [0.5, 0.6) is 0 Å². The maximum atomic E-state index is 12.3. The van der Waals surface area contributed by atoms with E-state index in [1.54, 1.807) is 0 Å². The fourth-order valence-electron chi connectivity index (χ4n) is 7.43. The molecule has 0 aromatic rings. The van der Waals surface area contributed by atoms with E-state index < -0.39 is 6.10 Å². The first-order chi connectivity index (χ1) is 29.2. The average molecular weight is 825 g/mol. The molecule has 0 aliphatic carbocycles. The van der Waals surface area contributed by atoms with Gasteiger partial charge in [0.2, 0.25) is 0 Å². The van der Waals surface area contributed by atoms with Gasteiger partial charge in [0.15, 0.2) is 0 Å². The molecule has 1 unspecified atom stereocenters. The molecule has 4 nitrogen and oxygen atoms in total. The van der Waals surface area contributed by atoms with Crippen LogP contribution in [-0.2, 0) is 14.3 Å². The molecular formula is C55H100O4. The van der Waals surface area contributed by atoms with Crippen molar-refractivity contribution in [1.82, 2.24) is 0 Å². The highest BCUT2D eigenvalue weighted by Crippen LogP contribution is 2.15. The molecule has 0 rings (SSSR count). The highest BCUT2D eigenvalue weighted by Gasteiger charge is 2.13. The quantitative estimate of drug-likeness (QED) is 0.0377. The predicted molar refractivity (Wildman–Crippen MR) is 260 cm³/mol. The first kappa shape index (κ1) is 57.1. The van der Waals surface area contributed by atoms with Gasteiger partial charge >= 0.3 is 5.97 Å². The summed E-state index contributed by atoms with van der Waals surface area (Å²) >= 11 is 0. The standard InChI is InChI=1S/C55H100O4/c1-3-5-7-9-11-13-15-17-19-21-23-25-26-27-28-29-31-33-35-37-39-41-43-45-47-49-51-58-53-54(52-56)59-55(57)50-48-46-44-42-40-38-36-34-32-30-24-22-20-18-16-14-12-10-8-6-4-2/h15-18,21-24,32,34,54,56H,3-14,19-20,25-31,33,35-53H2,1-2H3/b17-15-,18-16-,23-21-,24-22-,34-32-. The number of ether oxygens (including phenoxy) is 2. The zero-order chi connectivity index (χ0) is 42.6. The van der Waals surface area contributed by atoms with Gasteiger partial charge < -0.3 is 14.6 Å². The fraction of sp³-hybridized carbons (Fsp3) is 0.800. The van der Waals surface area contributed by atoms with Crippen LogP contribution in [0.4, 0.5) is 0 Å². The second kappa shape index (κ2) is 52.2. The van der Waals surface area contributed by atoms with Gasteiger partial charge in [-0.3, -0.25) is 4.79 Å². The topological polar surface area (TPSA) is 55.8 Å². The van der Waals surface area contributed by atoms with E-state index in [2.05, 4.69) is 74.6 Å². The highest BCUT2D eigenvalue weighted by molar-refractivity contribution is 5.69. The van der Waals surface area contributed by atoms with E-state index in [1.807, 2.05) is 0 Å². The third kappa shape index (κ3) is 50.3. The van der Waals surface area contributed by atoms with Crippen LogP contribution in [0.2, 0.25) is 0 Å².